The first-order chi connectivity index (χ1) is 22.8. The Hall–Kier alpha value is -6.26. The second-order valence-corrected chi connectivity index (χ2v) is 12.1. The number of aromatic nitrogens is 3. The van der Waals surface area contributed by atoms with Crippen LogP contribution in [0.5, 0.6) is 0 Å². The molecule has 212 valence electrons. The van der Waals surface area contributed by atoms with E-state index in [9.17, 15) is 0 Å². The molecule has 7 aromatic carbocycles. The van der Waals surface area contributed by atoms with Gasteiger partial charge in [-0.15, -0.1) is 0 Å². The molecule has 0 saturated carbocycles. The lowest BCUT2D eigenvalue weighted by Gasteiger charge is -2.16. The summed E-state index contributed by atoms with van der Waals surface area (Å²) < 4.78 is 8.64. The molecule has 0 fully saturated rings. The predicted molar refractivity (Wildman–Crippen MR) is 189 cm³/mol. The molecule has 0 spiro atoms. The Morgan fingerprint density at radius 2 is 1.24 bits per heavy atom. The normalized spacial score (nSPS) is 12.3. The van der Waals surface area contributed by atoms with Gasteiger partial charge in [0.15, 0.2) is 5.82 Å². The summed E-state index contributed by atoms with van der Waals surface area (Å²) in [7, 11) is 0. The maximum Gasteiger partial charge on any atom is 0.248 e. The lowest BCUT2D eigenvalue weighted by molar-refractivity contribution is 0.652. The third-order valence-corrected chi connectivity index (χ3v) is 9.80. The quantitative estimate of drug-likeness (QED) is 0.203. The number of furan rings is 1. The highest BCUT2D eigenvalue weighted by molar-refractivity contribution is 6.29. The van der Waals surface area contributed by atoms with Gasteiger partial charge in [-0.2, -0.15) is 4.98 Å². The van der Waals surface area contributed by atoms with E-state index in [4.69, 9.17) is 14.4 Å². The SMILES string of the molecule is c1ccc(-c2ccc3c4c2-c2cccc5cccc(c25)-c2cccc(c24)n3-c2cnc3c(n2)oc2ccc4ccccc4c23)cc1. The summed E-state index contributed by atoms with van der Waals surface area (Å²) in [5.41, 5.74) is 11.7. The lowest BCUT2D eigenvalue weighted by Crippen LogP contribution is -1.99. The van der Waals surface area contributed by atoms with Gasteiger partial charge in [-0.3, -0.25) is 4.57 Å². The maximum atomic E-state index is 6.38. The van der Waals surface area contributed by atoms with Crippen LogP contribution < -0.4 is 0 Å². The average Bonchev–Trinajstić information content (AvgIpc) is 3.63. The second-order valence-electron chi connectivity index (χ2n) is 12.1. The smallest absolute Gasteiger partial charge is 0.248 e. The Morgan fingerprint density at radius 3 is 2.13 bits per heavy atom. The first-order valence-corrected chi connectivity index (χ1v) is 15.6. The summed E-state index contributed by atoms with van der Waals surface area (Å²) in [6, 6.07) is 47.7. The van der Waals surface area contributed by atoms with Crippen molar-refractivity contribution >= 4 is 65.6 Å². The van der Waals surface area contributed by atoms with Gasteiger partial charge in [0, 0.05) is 16.3 Å². The highest BCUT2D eigenvalue weighted by atomic mass is 16.3. The average molecular weight is 586 g/mol. The van der Waals surface area contributed by atoms with Crippen molar-refractivity contribution in [3.8, 4) is 39.2 Å². The topological polar surface area (TPSA) is 43.9 Å². The van der Waals surface area contributed by atoms with E-state index in [0.717, 1.165) is 44.1 Å². The van der Waals surface area contributed by atoms with Crippen molar-refractivity contribution in [1.82, 2.24) is 14.5 Å². The van der Waals surface area contributed by atoms with Crippen molar-refractivity contribution < 1.29 is 4.42 Å². The molecule has 1 aliphatic rings. The van der Waals surface area contributed by atoms with E-state index in [-0.39, 0.29) is 0 Å². The standard InChI is InChI=1S/C42H23N3O/c1-2-9-24(10-3-1)28-20-21-33-40-37(28)31-17-7-13-26-12-6-15-29(36(26)31)30-16-8-18-32(38(30)40)45(33)35-23-43-41-39-27-14-5-4-11-25(27)19-22-34(39)46-42(41)44-35/h1-23H. The summed E-state index contributed by atoms with van der Waals surface area (Å²) in [6.45, 7) is 0. The Kier molecular flexibility index (Phi) is 4.55. The molecule has 0 saturated heterocycles. The van der Waals surface area contributed by atoms with Crippen LogP contribution in [-0.4, -0.2) is 14.5 Å². The number of hydrogen-bond donors (Lipinski definition) is 0. The van der Waals surface area contributed by atoms with Crippen molar-refractivity contribution in [3.63, 3.8) is 0 Å². The minimum absolute atomic E-state index is 0.540. The zero-order chi connectivity index (χ0) is 29.9. The van der Waals surface area contributed by atoms with Crippen LogP contribution in [0.15, 0.2) is 144 Å². The monoisotopic (exact) mass is 585 g/mol. The fourth-order valence-electron chi connectivity index (χ4n) is 7.93. The van der Waals surface area contributed by atoms with Crippen molar-refractivity contribution in [3.05, 3.63) is 140 Å². The second kappa shape index (κ2) is 8.68. The minimum atomic E-state index is 0.540. The van der Waals surface area contributed by atoms with E-state index in [0.29, 0.717) is 5.71 Å². The van der Waals surface area contributed by atoms with Gasteiger partial charge in [0.05, 0.1) is 22.6 Å². The number of rotatable bonds is 2. The van der Waals surface area contributed by atoms with Crippen LogP contribution in [0.3, 0.4) is 0 Å². The molecular formula is C42H23N3O. The zero-order valence-electron chi connectivity index (χ0n) is 24.5. The third kappa shape index (κ3) is 3.03. The van der Waals surface area contributed by atoms with E-state index in [2.05, 4.69) is 132 Å². The summed E-state index contributed by atoms with van der Waals surface area (Å²) in [5.74, 6) is 0.735. The molecule has 1 aliphatic carbocycles. The Labute approximate surface area is 262 Å². The van der Waals surface area contributed by atoms with Gasteiger partial charge < -0.3 is 4.42 Å². The van der Waals surface area contributed by atoms with Crippen LogP contribution in [0.2, 0.25) is 0 Å². The predicted octanol–water partition coefficient (Wildman–Crippen LogP) is 11.1. The van der Waals surface area contributed by atoms with Gasteiger partial charge in [-0.25, -0.2) is 4.98 Å². The summed E-state index contributed by atoms with van der Waals surface area (Å²) in [4.78, 5) is 10.2. The maximum absolute atomic E-state index is 6.38. The molecule has 10 aromatic rings. The van der Waals surface area contributed by atoms with Gasteiger partial charge in [0.1, 0.15) is 11.1 Å². The molecule has 0 amide bonds. The van der Waals surface area contributed by atoms with Crippen LogP contribution in [0.4, 0.5) is 0 Å². The van der Waals surface area contributed by atoms with E-state index in [1.807, 2.05) is 12.3 Å². The molecule has 3 heterocycles. The van der Waals surface area contributed by atoms with Crippen LogP contribution >= 0.6 is 0 Å². The highest BCUT2D eigenvalue weighted by Gasteiger charge is 2.27. The van der Waals surface area contributed by atoms with E-state index < -0.39 is 0 Å². The number of nitrogens with zero attached hydrogens (tertiary/aromatic N) is 3. The van der Waals surface area contributed by atoms with Gasteiger partial charge in [-0.1, -0.05) is 115 Å². The van der Waals surface area contributed by atoms with Crippen molar-refractivity contribution in [2.75, 3.05) is 0 Å². The summed E-state index contributed by atoms with van der Waals surface area (Å²) in [6.07, 6.45) is 1.90. The zero-order valence-corrected chi connectivity index (χ0v) is 24.5. The molecule has 4 nitrogen and oxygen atoms in total. The molecule has 0 aliphatic heterocycles. The molecule has 0 bridgehead atoms. The molecule has 3 aromatic heterocycles. The Bertz CT molecular complexity index is 2910. The third-order valence-electron chi connectivity index (χ3n) is 9.80. The fourth-order valence-corrected chi connectivity index (χ4v) is 7.93. The van der Waals surface area contributed by atoms with E-state index in [1.165, 1.54) is 54.9 Å². The summed E-state index contributed by atoms with van der Waals surface area (Å²) >= 11 is 0. The highest BCUT2D eigenvalue weighted by Crippen LogP contribution is 2.52. The Balaban J connectivity index is 1.29. The molecule has 0 radical (unpaired) electrons. The number of hydrogen-bond acceptors (Lipinski definition) is 3. The number of fused-ring (bicyclic) bond motifs is 7. The number of benzene rings is 7. The van der Waals surface area contributed by atoms with Gasteiger partial charge in [0.25, 0.3) is 0 Å². The fraction of sp³-hybridized carbons (Fsp3) is 0. The Morgan fingerprint density at radius 1 is 0.500 bits per heavy atom. The summed E-state index contributed by atoms with van der Waals surface area (Å²) in [5, 5.41) is 8.28. The largest absolute Gasteiger partial charge is 0.436 e. The van der Waals surface area contributed by atoms with Crippen LogP contribution in [0, 0.1) is 0 Å². The van der Waals surface area contributed by atoms with Crippen LogP contribution in [0.25, 0.3) is 105 Å². The van der Waals surface area contributed by atoms with Gasteiger partial charge in [0.2, 0.25) is 5.71 Å². The molecule has 11 rings (SSSR count). The molecular weight excluding hydrogens is 562 g/mol. The van der Waals surface area contributed by atoms with Gasteiger partial charge in [-0.05, 0) is 67.6 Å². The minimum Gasteiger partial charge on any atom is -0.436 e. The van der Waals surface area contributed by atoms with Gasteiger partial charge >= 0.3 is 0 Å². The molecule has 4 heteroatoms. The van der Waals surface area contributed by atoms with Crippen LogP contribution in [0.1, 0.15) is 0 Å². The molecule has 0 unspecified atom stereocenters. The van der Waals surface area contributed by atoms with Crippen LogP contribution in [-0.2, 0) is 0 Å². The first kappa shape index (κ1) is 24.1. The van der Waals surface area contributed by atoms with E-state index >= 15 is 0 Å². The molecule has 46 heavy (non-hydrogen) atoms. The van der Waals surface area contributed by atoms with Crippen molar-refractivity contribution in [1.29, 1.82) is 0 Å². The van der Waals surface area contributed by atoms with E-state index in [1.54, 1.807) is 0 Å². The van der Waals surface area contributed by atoms with Crippen molar-refractivity contribution in [2.24, 2.45) is 0 Å². The lowest BCUT2D eigenvalue weighted by atomic mass is 9.89. The molecule has 0 N–H and O–H groups in total. The van der Waals surface area contributed by atoms with Crippen molar-refractivity contribution in [2.45, 2.75) is 0 Å². The molecule has 0 atom stereocenters. The first-order valence-electron chi connectivity index (χ1n) is 15.6.